The first-order valence-electron chi connectivity index (χ1n) is 8.63. The molecule has 0 heteroatoms. The van der Waals surface area contributed by atoms with Crippen LogP contribution in [-0.2, 0) is 0 Å². The molecule has 0 heterocycles. The first-order valence-corrected chi connectivity index (χ1v) is 8.63. The van der Waals surface area contributed by atoms with Crippen molar-refractivity contribution < 1.29 is 0 Å². The molecule has 0 saturated carbocycles. The van der Waals surface area contributed by atoms with Crippen molar-refractivity contribution in [1.29, 1.82) is 0 Å². The largest absolute Gasteiger partial charge is 0.0622 e. The lowest BCUT2D eigenvalue weighted by molar-refractivity contribution is 1.46. The molecule has 4 aromatic rings. The predicted molar refractivity (Wildman–Crippen MR) is 107 cm³/mol. The molecular formula is C25H20. The molecule has 0 aliphatic rings. The summed E-state index contributed by atoms with van der Waals surface area (Å²) in [5.41, 5.74) is 8.84. The second-order valence-electron chi connectivity index (χ2n) is 6.36. The number of aryl methyl sites for hydroxylation is 1. The monoisotopic (exact) mass is 320 g/mol. The van der Waals surface area contributed by atoms with Crippen LogP contribution in [0.25, 0.3) is 33.4 Å². The van der Waals surface area contributed by atoms with Gasteiger partial charge in [-0.1, -0.05) is 103 Å². The van der Waals surface area contributed by atoms with Gasteiger partial charge in [0, 0.05) is 0 Å². The molecule has 0 aliphatic heterocycles. The van der Waals surface area contributed by atoms with Gasteiger partial charge in [0.25, 0.3) is 0 Å². The lowest BCUT2D eigenvalue weighted by atomic mass is 9.91. The highest BCUT2D eigenvalue weighted by Gasteiger charge is 2.09. The van der Waals surface area contributed by atoms with Crippen molar-refractivity contribution in [3.05, 3.63) is 109 Å². The van der Waals surface area contributed by atoms with Crippen LogP contribution < -0.4 is 0 Å². The SMILES string of the molecule is Cc1ccc(-c2ccccc2)c(-c2cccc(-c3ccccc3)c2)c1. The molecular weight excluding hydrogens is 300 g/mol. The van der Waals surface area contributed by atoms with Crippen molar-refractivity contribution in [1.82, 2.24) is 0 Å². The second-order valence-corrected chi connectivity index (χ2v) is 6.36. The molecule has 0 nitrogen and oxygen atoms in total. The van der Waals surface area contributed by atoms with Gasteiger partial charge in [0.1, 0.15) is 0 Å². The number of rotatable bonds is 3. The van der Waals surface area contributed by atoms with Crippen molar-refractivity contribution in [3.8, 4) is 33.4 Å². The Morgan fingerprint density at radius 1 is 0.400 bits per heavy atom. The van der Waals surface area contributed by atoms with E-state index in [0.29, 0.717) is 0 Å². The van der Waals surface area contributed by atoms with Gasteiger partial charge in [0.2, 0.25) is 0 Å². The van der Waals surface area contributed by atoms with Crippen molar-refractivity contribution in [2.45, 2.75) is 6.92 Å². The zero-order chi connectivity index (χ0) is 17.1. The maximum atomic E-state index is 2.29. The lowest BCUT2D eigenvalue weighted by Crippen LogP contribution is -1.88. The molecule has 4 aromatic carbocycles. The average molecular weight is 320 g/mol. The minimum Gasteiger partial charge on any atom is -0.0622 e. The molecule has 0 radical (unpaired) electrons. The van der Waals surface area contributed by atoms with Crippen LogP contribution >= 0.6 is 0 Å². The highest BCUT2D eigenvalue weighted by Crippen LogP contribution is 2.34. The number of benzene rings is 4. The molecule has 4 rings (SSSR count). The van der Waals surface area contributed by atoms with E-state index >= 15 is 0 Å². The number of hydrogen-bond donors (Lipinski definition) is 0. The van der Waals surface area contributed by atoms with Crippen LogP contribution in [0.4, 0.5) is 0 Å². The topological polar surface area (TPSA) is 0 Å². The minimum atomic E-state index is 1.25. The molecule has 0 aliphatic carbocycles. The van der Waals surface area contributed by atoms with Crippen molar-refractivity contribution in [2.75, 3.05) is 0 Å². The van der Waals surface area contributed by atoms with Gasteiger partial charge in [-0.2, -0.15) is 0 Å². The Kier molecular flexibility index (Phi) is 4.18. The third-order valence-corrected chi connectivity index (χ3v) is 4.54. The average Bonchev–Trinajstić information content (AvgIpc) is 2.69. The van der Waals surface area contributed by atoms with E-state index in [2.05, 4.69) is 110 Å². The molecule has 0 bridgehead atoms. The fraction of sp³-hybridized carbons (Fsp3) is 0.0400. The summed E-state index contributed by atoms with van der Waals surface area (Å²) < 4.78 is 0. The second kappa shape index (κ2) is 6.78. The summed E-state index contributed by atoms with van der Waals surface area (Å²) in [4.78, 5) is 0. The molecule has 0 amide bonds. The lowest BCUT2D eigenvalue weighted by Gasteiger charge is -2.13. The molecule has 0 unspecified atom stereocenters. The number of hydrogen-bond acceptors (Lipinski definition) is 0. The van der Waals surface area contributed by atoms with Crippen LogP contribution in [0.3, 0.4) is 0 Å². The van der Waals surface area contributed by atoms with E-state index in [4.69, 9.17) is 0 Å². The molecule has 120 valence electrons. The summed E-state index contributed by atoms with van der Waals surface area (Å²) in [5, 5.41) is 0. The van der Waals surface area contributed by atoms with Gasteiger partial charge < -0.3 is 0 Å². The van der Waals surface area contributed by atoms with Gasteiger partial charge in [-0.25, -0.2) is 0 Å². The minimum absolute atomic E-state index is 1.25. The fourth-order valence-corrected chi connectivity index (χ4v) is 3.26. The normalized spacial score (nSPS) is 10.6. The first kappa shape index (κ1) is 15.4. The quantitative estimate of drug-likeness (QED) is 0.381. The van der Waals surface area contributed by atoms with Crippen molar-refractivity contribution in [2.24, 2.45) is 0 Å². The zero-order valence-electron chi connectivity index (χ0n) is 14.3. The Morgan fingerprint density at radius 3 is 1.72 bits per heavy atom. The Bertz CT molecular complexity index is 983. The summed E-state index contributed by atoms with van der Waals surface area (Å²) in [6.07, 6.45) is 0. The highest BCUT2D eigenvalue weighted by atomic mass is 14.1. The van der Waals surface area contributed by atoms with Crippen LogP contribution in [-0.4, -0.2) is 0 Å². The van der Waals surface area contributed by atoms with Gasteiger partial charge in [0.05, 0.1) is 0 Å². The summed E-state index contributed by atoms with van der Waals surface area (Å²) in [5.74, 6) is 0. The molecule has 0 fully saturated rings. The van der Waals surface area contributed by atoms with Crippen LogP contribution in [0.15, 0.2) is 103 Å². The van der Waals surface area contributed by atoms with E-state index in [1.807, 2.05) is 0 Å². The first-order chi connectivity index (χ1) is 12.3. The summed E-state index contributed by atoms with van der Waals surface area (Å²) in [7, 11) is 0. The molecule has 25 heavy (non-hydrogen) atoms. The summed E-state index contributed by atoms with van der Waals surface area (Å²) in [6, 6.07) is 36.7. The predicted octanol–water partition coefficient (Wildman–Crippen LogP) is 7.00. The van der Waals surface area contributed by atoms with Crippen LogP contribution in [0.5, 0.6) is 0 Å². The Hall–Kier alpha value is -3.12. The van der Waals surface area contributed by atoms with Crippen LogP contribution in [0.1, 0.15) is 5.56 Å². The standard InChI is InChI=1S/C25H20/c1-19-15-16-24(21-11-6-3-7-12-21)25(17-19)23-14-8-13-22(18-23)20-9-4-2-5-10-20/h2-18H,1H3. The molecule has 0 spiro atoms. The zero-order valence-corrected chi connectivity index (χ0v) is 14.3. The molecule has 0 saturated heterocycles. The Morgan fingerprint density at radius 2 is 1.00 bits per heavy atom. The van der Waals surface area contributed by atoms with Crippen molar-refractivity contribution in [3.63, 3.8) is 0 Å². The smallest absolute Gasteiger partial charge is 0.0103 e. The fourth-order valence-electron chi connectivity index (χ4n) is 3.26. The van der Waals surface area contributed by atoms with Crippen LogP contribution in [0.2, 0.25) is 0 Å². The van der Waals surface area contributed by atoms with Gasteiger partial charge >= 0.3 is 0 Å². The third-order valence-electron chi connectivity index (χ3n) is 4.54. The summed E-state index contributed by atoms with van der Waals surface area (Å²) in [6.45, 7) is 2.15. The highest BCUT2D eigenvalue weighted by molar-refractivity contribution is 5.85. The van der Waals surface area contributed by atoms with E-state index in [1.54, 1.807) is 0 Å². The van der Waals surface area contributed by atoms with E-state index in [9.17, 15) is 0 Å². The Labute approximate surface area is 149 Å². The molecule has 0 aromatic heterocycles. The van der Waals surface area contributed by atoms with Gasteiger partial charge in [0.15, 0.2) is 0 Å². The Balaban J connectivity index is 1.87. The maximum Gasteiger partial charge on any atom is -0.0103 e. The molecule has 0 atom stereocenters. The van der Waals surface area contributed by atoms with E-state index in [-0.39, 0.29) is 0 Å². The van der Waals surface area contributed by atoms with E-state index in [0.717, 1.165) is 0 Å². The van der Waals surface area contributed by atoms with Crippen molar-refractivity contribution >= 4 is 0 Å². The van der Waals surface area contributed by atoms with Gasteiger partial charge in [-0.05, 0) is 46.4 Å². The third kappa shape index (κ3) is 3.25. The summed E-state index contributed by atoms with van der Waals surface area (Å²) >= 11 is 0. The van der Waals surface area contributed by atoms with Gasteiger partial charge in [-0.15, -0.1) is 0 Å². The van der Waals surface area contributed by atoms with E-state index in [1.165, 1.54) is 38.9 Å². The maximum absolute atomic E-state index is 2.29. The molecule has 0 N–H and O–H groups in total. The van der Waals surface area contributed by atoms with E-state index < -0.39 is 0 Å². The van der Waals surface area contributed by atoms with Gasteiger partial charge in [-0.3, -0.25) is 0 Å². The van der Waals surface area contributed by atoms with Crippen LogP contribution in [0, 0.1) is 6.92 Å².